The van der Waals surface area contributed by atoms with Crippen LogP contribution in [0.5, 0.6) is 0 Å². The average Bonchev–Trinajstić information content (AvgIpc) is 2.37. The van der Waals surface area contributed by atoms with Crippen molar-refractivity contribution in [2.24, 2.45) is 0 Å². The van der Waals surface area contributed by atoms with Gasteiger partial charge in [0.25, 0.3) is 0 Å². The average molecular weight is 226 g/mol. The summed E-state index contributed by atoms with van der Waals surface area (Å²) in [5.41, 5.74) is 4.93. The molecule has 0 amide bonds. The predicted molar refractivity (Wildman–Crippen MR) is 72.1 cm³/mol. The van der Waals surface area contributed by atoms with E-state index in [4.69, 9.17) is 0 Å². The molecule has 1 N–H and O–H groups in total. The highest BCUT2D eigenvalue weighted by molar-refractivity contribution is 5.43. The lowest BCUT2D eigenvalue weighted by atomic mass is 10.1. The van der Waals surface area contributed by atoms with Gasteiger partial charge in [0.15, 0.2) is 0 Å². The summed E-state index contributed by atoms with van der Waals surface area (Å²) in [5, 5.41) is 3.38. The molecule has 88 valence electrons. The molecular weight excluding hydrogens is 208 g/mol. The Bertz CT molecular complexity index is 475. The number of pyridine rings is 1. The third kappa shape index (κ3) is 3.31. The van der Waals surface area contributed by atoms with Crippen molar-refractivity contribution in [3.63, 3.8) is 0 Å². The standard InChI is InChI=1S/C15H18N2/c1-3-13-4-6-14(7-5-13)10-17-15-8-12(2)9-16-11-15/h4-9,11,17H,3,10H2,1-2H3. The number of nitrogens with zero attached hydrogens (tertiary/aromatic N) is 1. The first kappa shape index (κ1) is 11.6. The van der Waals surface area contributed by atoms with Crippen LogP contribution in [-0.4, -0.2) is 4.98 Å². The highest BCUT2D eigenvalue weighted by Crippen LogP contribution is 2.10. The SMILES string of the molecule is CCc1ccc(CNc2cncc(C)c2)cc1. The fourth-order valence-corrected chi connectivity index (χ4v) is 1.75. The number of hydrogen-bond acceptors (Lipinski definition) is 2. The molecule has 0 unspecified atom stereocenters. The van der Waals surface area contributed by atoms with Gasteiger partial charge in [0.1, 0.15) is 0 Å². The van der Waals surface area contributed by atoms with Gasteiger partial charge in [-0.25, -0.2) is 0 Å². The quantitative estimate of drug-likeness (QED) is 0.862. The van der Waals surface area contributed by atoms with Gasteiger partial charge in [-0.15, -0.1) is 0 Å². The lowest BCUT2D eigenvalue weighted by Gasteiger charge is -2.07. The third-order valence-corrected chi connectivity index (χ3v) is 2.80. The molecule has 1 heterocycles. The maximum absolute atomic E-state index is 4.16. The van der Waals surface area contributed by atoms with Crippen molar-refractivity contribution in [1.29, 1.82) is 0 Å². The normalized spacial score (nSPS) is 10.2. The number of aryl methyl sites for hydroxylation is 2. The van der Waals surface area contributed by atoms with Crippen LogP contribution < -0.4 is 5.32 Å². The second-order valence-electron chi connectivity index (χ2n) is 4.27. The minimum absolute atomic E-state index is 0.842. The molecule has 1 aromatic heterocycles. The van der Waals surface area contributed by atoms with Gasteiger partial charge in [-0.1, -0.05) is 31.2 Å². The molecule has 2 nitrogen and oxygen atoms in total. The molecule has 0 radical (unpaired) electrons. The summed E-state index contributed by atoms with van der Waals surface area (Å²) in [6.07, 6.45) is 4.81. The van der Waals surface area contributed by atoms with E-state index < -0.39 is 0 Å². The Morgan fingerprint density at radius 3 is 2.41 bits per heavy atom. The Balaban J connectivity index is 1.97. The van der Waals surface area contributed by atoms with Crippen molar-refractivity contribution in [2.75, 3.05) is 5.32 Å². The molecule has 0 saturated heterocycles. The summed E-state index contributed by atoms with van der Waals surface area (Å²) in [6, 6.07) is 10.8. The zero-order valence-corrected chi connectivity index (χ0v) is 10.4. The molecule has 0 atom stereocenters. The molecule has 0 aliphatic heterocycles. The van der Waals surface area contributed by atoms with E-state index in [1.807, 2.05) is 19.3 Å². The smallest absolute Gasteiger partial charge is 0.0532 e. The van der Waals surface area contributed by atoms with Crippen molar-refractivity contribution in [1.82, 2.24) is 4.98 Å². The van der Waals surface area contributed by atoms with Crippen LogP contribution in [-0.2, 0) is 13.0 Å². The summed E-state index contributed by atoms with van der Waals surface area (Å²) in [7, 11) is 0. The van der Waals surface area contributed by atoms with E-state index in [0.717, 1.165) is 18.7 Å². The maximum Gasteiger partial charge on any atom is 0.0532 e. The fraction of sp³-hybridized carbons (Fsp3) is 0.267. The van der Waals surface area contributed by atoms with Crippen LogP contribution in [0.2, 0.25) is 0 Å². The second kappa shape index (κ2) is 5.48. The number of hydrogen-bond donors (Lipinski definition) is 1. The molecule has 1 aromatic carbocycles. The molecule has 0 fully saturated rings. The Hall–Kier alpha value is -1.83. The topological polar surface area (TPSA) is 24.9 Å². The van der Waals surface area contributed by atoms with Crippen LogP contribution in [0.1, 0.15) is 23.6 Å². The van der Waals surface area contributed by atoms with E-state index in [2.05, 4.69) is 47.6 Å². The zero-order valence-electron chi connectivity index (χ0n) is 10.4. The van der Waals surface area contributed by atoms with Crippen molar-refractivity contribution in [2.45, 2.75) is 26.8 Å². The van der Waals surface area contributed by atoms with Crippen molar-refractivity contribution in [3.8, 4) is 0 Å². The van der Waals surface area contributed by atoms with Gasteiger partial charge in [0, 0.05) is 18.9 Å². The Morgan fingerprint density at radius 1 is 1.06 bits per heavy atom. The molecule has 0 bridgehead atoms. The number of benzene rings is 1. The van der Waals surface area contributed by atoms with Crippen LogP contribution >= 0.6 is 0 Å². The Kier molecular flexibility index (Phi) is 3.76. The van der Waals surface area contributed by atoms with E-state index in [0.29, 0.717) is 0 Å². The van der Waals surface area contributed by atoms with Crippen molar-refractivity contribution in [3.05, 3.63) is 59.4 Å². The van der Waals surface area contributed by atoms with E-state index in [9.17, 15) is 0 Å². The van der Waals surface area contributed by atoms with Gasteiger partial charge < -0.3 is 5.32 Å². The van der Waals surface area contributed by atoms with Gasteiger partial charge in [-0.3, -0.25) is 4.98 Å². The van der Waals surface area contributed by atoms with Crippen LogP contribution in [0.3, 0.4) is 0 Å². The number of nitrogens with one attached hydrogen (secondary N) is 1. The van der Waals surface area contributed by atoms with Crippen LogP contribution in [0, 0.1) is 6.92 Å². The number of rotatable bonds is 4. The lowest BCUT2D eigenvalue weighted by Crippen LogP contribution is -2.00. The highest BCUT2D eigenvalue weighted by atomic mass is 14.9. The summed E-state index contributed by atoms with van der Waals surface area (Å²) >= 11 is 0. The van der Waals surface area contributed by atoms with Gasteiger partial charge in [-0.2, -0.15) is 0 Å². The molecule has 2 rings (SSSR count). The molecular formula is C15H18N2. The summed E-state index contributed by atoms with van der Waals surface area (Å²) < 4.78 is 0. The first-order valence-corrected chi connectivity index (χ1v) is 6.01. The predicted octanol–water partition coefficient (Wildman–Crippen LogP) is 3.56. The van der Waals surface area contributed by atoms with E-state index in [1.54, 1.807) is 0 Å². The van der Waals surface area contributed by atoms with E-state index in [-0.39, 0.29) is 0 Å². The molecule has 0 saturated carbocycles. The molecule has 0 spiro atoms. The van der Waals surface area contributed by atoms with Gasteiger partial charge in [0.05, 0.1) is 5.69 Å². The van der Waals surface area contributed by atoms with Gasteiger partial charge >= 0.3 is 0 Å². The Labute approximate surface area is 103 Å². The van der Waals surface area contributed by atoms with Crippen molar-refractivity contribution >= 4 is 5.69 Å². The summed E-state index contributed by atoms with van der Waals surface area (Å²) in [6.45, 7) is 5.06. The fourth-order valence-electron chi connectivity index (χ4n) is 1.75. The van der Waals surface area contributed by atoms with Crippen LogP contribution in [0.4, 0.5) is 5.69 Å². The third-order valence-electron chi connectivity index (χ3n) is 2.80. The van der Waals surface area contributed by atoms with Crippen LogP contribution in [0.15, 0.2) is 42.7 Å². The van der Waals surface area contributed by atoms with E-state index >= 15 is 0 Å². The molecule has 2 aromatic rings. The minimum Gasteiger partial charge on any atom is -0.380 e. The summed E-state index contributed by atoms with van der Waals surface area (Å²) in [5.74, 6) is 0. The van der Waals surface area contributed by atoms with Gasteiger partial charge in [0.2, 0.25) is 0 Å². The molecule has 0 aliphatic carbocycles. The van der Waals surface area contributed by atoms with Crippen molar-refractivity contribution < 1.29 is 0 Å². The van der Waals surface area contributed by atoms with E-state index in [1.165, 1.54) is 16.7 Å². The number of aromatic nitrogens is 1. The lowest BCUT2D eigenvalue weighted by molar-refractivity contribution is 1.10. The van der Waals surface area contributed by atoms with Crippen LogP contribution in [0.25, 0.3) is 0 Å². The largest absolute Gasteiger partial charge is 0.380 e. The zero-order chi connectivity index (χ0) is 12.1. The second-order valence-corrected chi connectivity index (χ2v) is 4.27. The first-order valence-electron chi connectivity index (χ1n) is 6.01. The summed E-state index contributed by atoms with van der Waals surface area (Å²) in [4.78, 5) is 4.16. The first-order chi connectivity index (χ1) is 8.28. The van der Waals surface area contributed by atoms with Gasteiger partial charge in [-0.05, 0) is 36.1 Å². The molecule has 17 heavy (non-hydrogen) atoms. The minimum atomic E-state index is 0.842. The Morgan fingerprint density at radius 2 is 1.76 bits per heavy atom. The molecule has 2 heteroatoms. The monoisotopic (exact) mass is 226 g/mol. The highest BCUT2D eigenvalue weighted by Gasteiger charge is 1.95. The molecule has 0 aliphatic rings. The number of anilines is 1. The maximum atomic E-state index is 4.16.